The predicted molar refractivity (Wildman–Crippen MR) is 134 cm³/mol. The lowest BCUT2D eigenvalue weighted by Crippen LogP contribution is -2.16. The van der Waals surface area contributed by atoms with Crippen LogP contribution in [0.15, 0.2) is 76.6 Å². The fraction of sp³-hybridized carbons (Fsp3) is 0.120. The van der Waals surface area contributed by atoms with Gasteiger partial charge in [0.15, 0.2) is 4.80 Å². The van der Waals surface area contributed by atoms with Gasteiger partial charge in [-0.3, -0.25) is 9.52 Å². The summed E-state index contributed by atoms with van der Waals surface area (Å²) in [6.45, 7) is 2.15. The molecule has 0 saturated carbocycles. The molecule has 0 spiro atoms. The zero-order valence-electron chi connectivity index (χ0n) is 18.5. The molecule has 0 aliphatic rings. The number of methoxy groups -OCH3 is 1. The summed E-state index contributed by atoms with van der Waals surface area (Å²) in [5.74, 6) is 2.83. The Balaban J connectivity index is 1.61. The monoisotopic (exact) mass is 491 g/mol. The van der Waals surface area contributed by atoms with Crippen LogP contribution in [0.4, 0.5) is 5.69 Å². The van der Waals surface area contributed by atoms with Gasteiger partial charge in [-0.05, 0) is 61.5 Å². The van der Waals surface area contributed by atoms with Crippen molar-refractivity contribution in [2.75, 3.05) is 11.8 Å². The topological polar surface area (TPSA) is 89.8 Å². The number of hydrogen-bond donors (Lipinski definition) is 1. The molecule has 0 fully saturated rings. The van der Waals surface area contributed by atoms with E-state index in [1.807, 2.05) is 25.1 Å². The van der Waals surface area contributed by atoms with Gasteiger partial charge in [-0.2, -0.15) is 4.99 Å². The number of fused-ring (bicyclic) bond motifs is 1. The number of aromatic nitrogens is 1. The lowest BCUT2D eigenvalue weighted by atomic mass is 10.2. The zero-order valence-corrected chi connectivity index (χ0v) is 20.1. The Hall–Kier alpha value is -3.87. The maximum absolute atomic E-state index is 12.8. The number of thiazole rings is 1. The average Bonchev–Trinajstić information content (AvgIpc) is 3.15. The minimum atomic E-state index is -3.73. The number of carbonyl (C=O) groups is 1. The summed E-state index contributed by atoms with van der Waals surface area (Å²) < 4.78 is 35.6. The first-order chi connectivity index (χ1) is 16.3. The van der Waals surface area contributed by atoms with Gasteiger partial charge in [0.2, 0.25) is 0 Å². The maximum atomic E-state index is 12.8. The molecule has 0 aliphatic heterocycles. The van der Waals surface area contributed by atoms with Crippen molar-refractivity contribution in [1.29, 1.82) is 0 Å². The van der Waals surface area contributed by atoms with Crippen LogP contribution in [0.2, 0.25) is 0 Å². The van der Waals surface area contributed by atoms with Crippen molar-refractivity contribution < 1.29 is 17.9 Å². The highest BCUT2D eigenvalue weighted by Gasteiger charge is 2.15. The molecule has 34 heavy (non-hydrogen) atoms. The third kappa shape index (κ3) is 4.88. The van der Waals surface area contributed by atoms with Crippen molar-refractivity contribution in [2.24, 2.45) is 4.99 Å². The minimum absolute atomic E-state index is 0.160. The van der Waals surface area contributed by atoms with Crippen molar-refractivity contribution in [3.63, 3.8) is 0 Å². The van der Waals surface area contributed by atoms with E-state index in [0.29, 0.717) is 21.8 Å². The Bertz CT molecular complexity index is 1570. The number of anilines is 1. The summed E-state index contributed by atoms with van der Waals surface area (Å²) in [6, 6.07) is 18.2. The van der Waals surface area contributed by atoms with Gasteiger partial charge in [-0.1, -0.05) is 35.0 Å². The number of ether oxygens (including phenoxy) is 1. The van der Waals surface area contributed by atoms with Gasteiger partial charge in [0, 0.05) is 11.3 Å². The van der Waals surface area contributed by atoms with Crippen LogP contribution in [0, 0.1) is 19.3 Å². The van der Waals surface area contributed by atoms with Crippen LogP contribution in [-0.2, 0) is 16.6 Å². The number of nitrogens with zero attached hydrogens (tertiary/aromatic N) is 2. The Morgan fingerprint density at radius 1 is 1.12 bits per heavy atom. The Kier molecular flexibility index (Phi) is 6.54. The molecular formula is C25H21N3O4S2. The summed E-state index contributed by atoms with van der Waals surface area (Å²) in [5, 5.41) is 0. The van der Waals surface area contributed by atoms with Crippen molar-refractivity contribution in [1.82, 2.24) is 4.57 Å². The van der Waals surface area contributed by atoms with E-state index in [4.69, 9.17) is 11.2 Å². The van der Waals surface area contributed by atoms with Crippen molar-refractivity contribution >= 4 is 43.2 Å². The van der Waals surface area contributed by atoms with Gasteiger partial charge in [-0.15, -0.1) is 6.42 Å². The fourth-order valence-corrected chi connectivity index (χ4v) is 5.39. The molecule has 1 aromatic heterocycles. The first kappa shape index (κ1) is 23.3. The van der Waals surface area contributed by atoms with Crippen LogP contribution in [-0.4, -0.2) is 26.0 Å². The lowest BCUT2D eigenvalue weighted by Gasteiger charge is -2.08. The third-order valence-corrected chi connectivity index (χ3v) is 7.49. The molecule has 172 valence electrons. The van der Waals surface area contributed by atoms with Gasteiger partial charge in [-0.25, -0.2) is 8.42 Å². The maximum Gasteiger partial charge on any atom is 0.279 e. The second kappa shape index (κ2) is 9.55. The summed E-state index contributed by atoms with van der Waals surface area (Å²) in [5.41, 5.74) is 2.48. The fourth-order valence-electron chi connectivity index (χ4n) is 3.27. The molecule has 0 bridgehead atoms. The van der Waals surface area contributed by atoms with E-state index in [9.17, 15) is 13.2 Å². The summed E-state index contributed by atoms with van der Waals surface area (Å²) in [4.78, 5) is 17.7. The largest absolute Gasteiger partial charge is 0.497 e. The minimum Gasteiger partial charge on any atom is -0.497 e. The molecule has 4 aromatic rings. The molecule has 1 heterocycles. The molecule has 0 unspecified atom stereocenters. The molecule has 0 aliphatic carbocycles. The number of rotatable bonds is 6. The number of benzene rings is 3. The van der Waals surface area contributed by atoms with E-state index in [1.54, 1.807) is 35.9 Å². The van der Waals surface area contributed by atoms with E-state index in [2.05, 4.69) is 15.6 Å². The summed E-state index contributed by atoms with van der Waals surface area (Å²) in [7, 11) is -2.15. The van der Waals surface area contributed by atoms with Crippen LogP contribution in [0.1, 0.15) is 15.9 Å². The quantitative estimate of drug-likeness (QED) is 0.410. The molecule has 0 saturated heterocycles. The second-order valence-electron chi connectivity index (χ2n) is 7.42. The number of aryl methyl sites for hydroxylation is 1. The lowest BCUT2D eigenvalue weighted by molar-refractivity contribution is 0.0998. The smallest absolute Gasteiger partial charge is 0.279 e. The van der Waals surface area contributed by atoms with Crippen molar-refractivity contribution in [3.05, 3.63) is 82.7 Å². The average molecular weight is 492 g/mol. The molecule has 7 nitrogen and oxygen atoms in total. The number of carbonyl (C=O) groups excluding carboxylic acids is 1. The Morgan fingerprint density at radius 3 is 2.47 bits per heavy atom. The highest BCUT2D eigenvalue weighted by atomic mass is 32.2. The van der Waals surface area contributed by atoms with Crippen molar-refractivity contribution in [3.8, 4) is 18.1 Å². The normalized spacial score (nSPS) is 11.9. The summed E-state index contributed by atoms with van der Waals surface area (Å²) >= 11 is 1.33. The molecule has 3 aromatic carbocycles. The molecule has 9 heteroatoms. The SMILES string of the molecule is C#CCn1c(=NC(=O)c2ccc(NS(=O)(=O)c3ccc(C)cc3)cc2)sc2cc(OC)ccc21. The first-order valence-corrected chi connectivity index (χ1v) is 12.5. The second-order valence-corrected chi connectivity index (χ2v) is 10.1. The molecule has 4 rings (SSSR count). The molecule has 1 N–H and O–H groups in total. The molecule has 0 radical (unpaired) electrons. The highest BCUT2D eigenvalue weighted by Crippen LogP contribution is 2.23. The molecular weight excluding hydrogens is 470 g/mol. The van der Waals surface area contributed by atoms with Crippen LogP contribution < -0.4 is 14.3 Å². The van der Waals surface area contributed by atoms with Crippen LogP contribution in [0.5, 0.6) is 5.75 Å². The van der Waals surface area contributed by atoms with E-state index in [1.165, 1.54) is 35.6 Å². The van der Waals surface area contributed by atoms with Gasteiger partial charge in [0.05, 0.1) is 28.8 Å². The Morgan fingerprint density at radius 2 is 1.82 bits per heavy atom. The number of hydrogen-bond acceptors (Lipinski definition) is 5. The number of sulfonamides is 1. The zero-order chi connectivity index (χ0) is 24.3. The van der Waals surface area contributed by atoms with Crippen LogP contribution in [0.25, 0.3) is 10.2 Å². The Labute approximate surface area is 201 Å². The van der Waals surface area contributed by atoms with Gasteiger partial charge >= 0.3 is 0 Å². The van der Waals surface area contributed by atoms with E-state index < -0.39 is 15.9 Å². The summed E-state index contributed by atoms with van der Waals surface area (Å²) in [6.07, 6.45) is 5.52. The van der Waals surface area contributed by atoms with Gasteiger partial charge in [0.1, 0.15) is 5.75 Å². The molecule has 1 amide bonds. The highest BCUT2D eigenvalue weighted by molar-refractivity contribution is 7.92. The number of amides is 1. The standard InChI is InChI=1S/C25H21N3O4S2/c1-4-15-28-22-14-11-20(32-3)16-23(22)33-25(28)26-24(29)18-7-9-19(10-8-18)27-34(30,31)21-12-5-17(2)6-13-21/h1,5-14,16,27H,15H2,2-3H3. The van der Waals surface area contributed by atoms with Crippen molar-refractivity contribution in [2.45, 2.75) is 18.4 Å². The van der Waals surface area contributed by atoms with Gasteiger partial charge in [0.25, 0.3) is 15.9 Å². The third-order valence-electron chi connectivity index (χ3n) is 5.05. The van der Waals surface area contributed by atoms with Crippen LogP contribution in [0.3, 0.4) is 0 Å². The van der Waals surface area contributed by atoms with E-state index >= 15 is 0 Å². The number of terminal acetylenes is 1. The molecule has 0 atom stereocenters. The first-order valence-electron chi connectivity index (χ1n) is 10.2. The van der Waals surface area contributed by atoms with E-state index in [0.717, 1.165) is 15.8 Å². The number of nitrogens with one attached hydrogen (secondary N) is 1. The van der Waals surface area contributed by atoms with E-state index in [-0.39, 0.29) is 11.4 Å². The van der Waals surface area contributed by atoms with Crippen LogP contribution >= 0.6 is 11.3 Å². The van der Waals surface area contributed by atoms with Gasteiger partial charge < -0.3 is 9.30 Å². The predicted octanol–water partition coefficient (Wildman–Crippen LogP) is 4.19.